The molecule has 1 amide bonds. The Morgan fingerprint density at radius 1 is 1.03 bits per heavy atom. The molecular formula is C22H21IN2O4S. The second kappa shape index (κ2) is 9.48. The number of amides is 1. The van der Waals surface area contributed by atoms with E-state index in [4.69, 9.17) is 4.74 Å². The number of carbonyl (C=O) groups is 1. The largest absolute Gasteiger partial charge is 0.497 e. The second-order valence-electron chi connectivity index (χ2n) is 6.58. The van der Waals surface area contributed by atoms with Crippen molar-refractivity contribution in [1.29, 1.82) is 0 Å². The maximum atomic E-state index is 13.4. The number of ether oxygens (including phenoxy) is 1. The number of nitrogens with zero attached hydrogens (tertiary/aromatic N) is 1. The van der Waals surface area contributed by atoms with Gasteiger partial charge in [-0.05, 0) is 78.0 Å². The lowest BCUT2D eigenvalue weighted by Gasteiger charge is -2.24. The molecule has 0 aromatic heterocycles. The summed E-state index contributed by atoms with van der Waals surface area (Å²) < 4.78 is 34.1. The van der Waals surface area contributed by atoms with E-state index >= 15 is 0 Å². The van der Waals surface area contributed by atoms with Crippen molar-refractivity contribution in [2.75, 3.05) is 23.3 Å². The van der Waals surface area contributed by atoms with E-state index in [2.05, 4.69) is 27.9 Å². The Kier molecular flexibility index (Phi) is 6.99. The molecule has 156 valence electrons. The summed E-state index contributed by atoms with van der Waals surface area (Å²) in [6.07, 6.45) is 0. The first kappa shape index (κ1) is 22.1. The van der Waals surface area contributed by atoms with Gasteiger partial charge in [-0.2, -0.15) is 0 Å². The minimum atomic E-state index is -3.97. The van der Waals surface area contributed by atoms with Gasteiger partial charge in [0.15, 0.2) is 0 Å². The fourth-order valence-corrected chi connectivity index (χ4v) is 4.55. The van der Waals surface area contributed by atoms with Crippen LogP contribution in [-0.4, -0.2) is 28.0 Å². The highest BCUT2D eigenvalue weighted by molar-refractivity contribution is 14.1. The van der Waals surface area contributed by atoms with Gasteiger partial charge in [0, 0.05) is 15.3 Å². The van der Waals surface area contributed by atoms with Crippen LogP contribution in [0.5, 0.6) is 5.75 Å². The van der Waals surface area contributed by atoms with Crippen LogP contribution in [0.15, 0.2) is 77.7 Å². The van der Waals surface area contributed by atoms with Crippen LogP contribution in [0.3, 0.4) is 0 Å². The van der Waals surface area contributed by atoms with Crippen molar-refractivity contribution in [3.05, 3.63) is 81.9 Å². The van der Waals surface area contributed by atoms with Crippen molar-refractivity contribution in [2.24, 2.45) is 0 Å². The van der Waals surface area contributed by atoms with Crippen LogP contribution in [0.1, 0.15) is 5.56 Å². The number of aryl methyl sites for hydroxylation is 1. The zero-order chi connectivity index (χ0) is 21.7. The topological polar surface area (TPSA) is 75.7 Å². The Balaban J connectivity index is 1.95. The van der Waals surface area contributed by atoms with Crippen LogP contribution in [0.25, 0.3) is 0 Å². The van der Waals surface area contributed by atoms with E-state index in [1.54, 1.807) is 48.5 Å². The molecule has 0 aliphatic heterocycles. The SMILES string of the molecule is COc1cccc(N(CC(=O)Nc2ccc(I)cc2)S(=O)(=O)c2ccc(C)cc2)c1. The van der Waals surface area contributed by atoms with Gasteiger partial charge in [0.05, 0.1) is 17.7 Å². The summed E-state index contributed by atoms with van der Waals surface area (Å²) in [4.78, 5) is 12.8. The molecule has 0 aliphatic rings. The van der Waals surface area contributed by atoms with Crippen LogP contribution < -0.4 is 14.4 Å². The van der Waals surface area contributed by atoms with Gasteiger partial charge in [0.2, 0.25) is 5.91 Å². The van der Waals surface area contributed by atoms with Gasteiger partial charge in [-0.25, -0.2) is 8.42 Å². The molecule has 0 bridgehead atoms. The average Bonchev–Trinajstić information content (AvgIpc) is 2.74. The van der Waals surface area contributed by atoms with E-state index in [1.165, 1.54) is 19.2 Å². The monoisotopic (exact) mass is 536 g/mol. The maximum Gasteiger partial charge on any atom is 0.264 e. The maximum absolute atomic E-state index is 13.4. The zero-order valence-electron chi connectivity index (χ0n) is 16.5. The van der Waals surface area contributed by atoms with Crippen molar-refractivity contribution in [3.63, 3.8) is 0 Å². The van der Waals surface area contributed by atoms with E-state index in [-0.39, 0.29) is 11.4 Å². The molecule has 0 unspecified atom stereocenters. The zero-order valence-corrected chi connectivity index (χ0v) is 19.5. The summed E-state index contributed by atoms with van der Waals surface area (Å²) in [7, 11) is -2.47. The second-order valence-corrected chi connectivity index (χ2v) is 9.69. The number of hydrogen-bond acceptors (Lipinski definition) is 4. The van der Waals surface area contributed by atoms with Crippen molar-refractivity contribution >= 4 is 49.9 Å². The fourth-order valence-electron chi connectivity index (χ4n) is 2.78. The van der Waals surface area contributed by atoms with Gasteiger partial charge in [0.1, 0.15) is 12.3 Å². The predicted octanol–water partition coefficient (Wildman–Crippen LogP) is 4.44. The lowest BCUT2D eigenvalue weighted by atomic mass is 10.2. The lowest BCUT2D eigenvalue weighted by Crippen LogP contribution is -2.38. The normalized spacial score (nSPS) is 11.0. The molecule has 0 heterocycles. The number of methoxy groups -OCH3 is 1. The molecule has 8 heteroatoms. The van der Waals surface area contributed by atoms with Gasteiger partial charge in [0.25, 0.3) is 10.0 Å². The van der Waals surface area contributed by atoms with E-state index in [0.29, 0.717) is 17.1 Å². The third-order valence-electron chi connectivity index (χ3n) is 4.37. The molecule has 0 fully saturated rings. The standard InChI is InChI=1S/C22H21IN2O4S/c1-16-6-12-21(13-7-16)30(27,28)25(19-4-3-5-20(14-19)29-2)15-22(26)24-18-10-8-17(23)9-11-18/h3-14H,15H2,1-2H3,(H,24,26). The number of rotatable bonds is 7. The Labute approximate surface area is 190 Å². The van der Waals surface area contributed by atoms with Crippen LogP contribution in [-0.2, 0) is 14.8 Å². The summed E-state index contributed by atoms with van der Waals surface area (Å²) in [5.41, 5.74) is 1.88. The third kappa shape index (κ3) is 5.31. The lowest BCUT2D eigenvalue weighted by molar-refractivity contribution is -0.114. The van der Waals surface area contributed by atoms with Gasteiger partial charge in [-0.15, -0.1) is 0 Å². The number of benzene rings is 3. The Bertz CT molecular complexity index is 1130. The van der Waals surface area contributed by atoms with Gasteiger partial charge in [-0.3, -0.25) is 9.10 Å². The smallest absolute Gasteiger partial charge is 0.264 e. The summed E-state index contributed by atoms with van der Waals surface area (Å²) in [6.45, 7) is 1.50. The van der Waals surface area contributed by atoms with E-state index < -0.39 is 15.9 Å². The first-order valence-corrected chi connectivity index (χ1v) is 11.6. The molecule has 3 aromatic carbocycles. The van der Waals surface area contributed by atoms with E-state index in [0.717, 1.165) is 13.4 Å². The average molecular weight is 536 g/mol. The molecule has 3 aromatic rings. The fraction of sp³-hybridized carbons (Fsp3) is 0.136. The van der Waals surface area contributed by atoms with Crippen LogP contribution in [0, 0.1) is 10.5 Å². The molecule has 0 spiro atoms. The molecule has 0 saturated carbocycles. The summed E-state index contributed by atoms with van der Waals surface area (Å²) in [5.74, 6) is 0.0457. The third-order valence-corrected chi connectivity index (χ3v) is 6.87. The number of sulfonamides is 1. The number of anilines is 2. The van der Waals surface area contributed by atoms with Crippen molar-refractivity contribution in [3.8, 4) is 5.75 Å². The van der Waals surface area contributed by atoms with Crippen LogP contribution >= 0.6 is 22.6 Å². The predicted molar refractivity (Wildman–Crippen MR) is 126 cm³/mol. The highest BCUT2D eigenvalue weighted by atomic mass is 127. The molecule has 0 atom stereocenters. The molecule has 6 nitrogen and oxygen atoms in total. The van der Waals surface area contributed by atoms with Crippen molar-refractivity contribution < 1.29 is 17.9 Å². The Morgan fingerprint density at radius 3 is 2.33 bits per heavy atom. The minimum absolute atomic E-state index is 0.109. The van der Waals surface area contributed by atoms with Crippen molar-refractivity contribution in [2.45, 2.75) is 11.8 Å². The summed E-state index contributed by atoms with van der Waals surface area (Å²) in [5, 5.41) is 2.75. The Hall–Kier alpha value is -2.59. The molecule has 0 saturated heterocycles. The van der Waals surface area contributed by atoms with Gasteiger partial charge in [-0.1, -0.05) is 23.8 Å². The quantitative estimate of drug-likeness (QED) is 0.453. The van der Waals surface area contributed by atoms with Crippen molar-refractivity contribution in [1.82, 2.24) is 0 Å². The molecular weight excluding hydrogens is 515 g/mol. The van der Waals surface area contributed by atoms with Gasteiger partial charge >= 0.3 is 0 Å². The van der Waals surface area contributed by atoms with Gasteiger partial charge < -0.3 is 10.1 Å². The highest BCUT2D eigenvalue weighted by Crippen LogP contribution is 2.27. The number of hydrogen-bond donors (Lipinski definition) is 1. The molecule has 3 rings (SSSR count). The summed E-state index contributed by atoms with van der Waals surface area (Å²) >= 11 is 2.17. The number of halogens is 1. The summed E-state index contributed by atoms with van der Waals surface area (Å²) in [6, 6.07) is 20.4. The number of nitrogens with one attached hydrogen (secondary N) is 1. The first-order valence-electron chi connectivity index (χ1n) is 9.08. The molecule has 0 aliphatic carbocycles. The van der Waals surface area contributed by atoms with E-state index in [1.807, 2.05) is 19.1 Å². The minimum Gasteiger partial charge on any atom is -0.497 e. The van der Waals surface area contributed by atoms with Crippen LogP contribution in [0.4, 0.5) is 11.4 Å². The molecule has 30 heavy (non-hydrogen) atoms. The highest BCUT2D eigenvalue weighted by Gasteiger charge is 2.27. The first-order chi connectivity index (χ1) is 14.3. The van der Waals surface area contributed by atoms with E-state index in [9.17, 15) is 13.2 Å². The number of carbonyl (C=O) groups excluding carboxylic acids is 1. The van der Waals surface area contributed by atoms with Crippen LogP contribution in [0.2, 0.25) is 0 Å². The molecule has 1 N–H and O–H groups in total. The molecule has 0 radical (unpaired) electrons. The Morgan fingerprint density at radius 2 is 1.70 bits per heavy atom.